The molecule has 22 heavy (non-hydrogen) atoms. The number of benzene rings is 1. The zero-order valence-corrected chi connectivity index (χ0v) is 12.7. The summed E-state index contributed by atoms with van der Waals surface area (Å²) >= 11 is 0. The van der Waals surface area contributed by atoms with E-state index in [1.165, 1.54) is 0 Å². The summed E-state index contributed by atoms with van der Waals surface area (Å²) in [5.74, 6) is 1.49. The van der Waals surface area contributed by atoms with Gasteiger partial charge in [-0.15, -0.1) is 0 Å². The Labute approximate surface area is 128 Å². The quantitative estimate of drug-likeness (QED) is 0.745. The van der Waals surface area contributed by atoms with Crippen molar-refractivity contribution in [3.8, 4) is 17.1 Å². The Morgan fingerprint density at radius 2 is 2.09 bits per heavy atom. The van der Waals surface area contributed by atoms with Gasteiger partial charge in [0.25, 0.3) is 5.91 Å². The molecule has 0 aliphatic heterocycles. The molecule has 0 unspecified atom stereocenters. The van der Waals surface area contributed by atoms with E-state index in [9.17, 15) is 4.79 Å². The van der Waals surface area contributed by atoms with Gasteiger partial charge in [-0.2, -0.15) is 4.98 Å². The maximum Gasteiger partial charge on any atom is 0.257 e. The number of hydrogen-bond donors (Lipinski definition) is 1. The molecule has 1 aromatic carbocycles. The summed E-state index contributed by atoms with van der Waals surface area (Å²) in [6.07, 6.45) is 0.779. The van der Waals surface area contributed by atoms with Crippen LogP contribution in [0.5, 0.6) is 5.75 Å². The largest absolute Gasteiger partial charge is 0.484 e. The van der Waals surface area contributed by atoms with Gasteiger partial charge >= 0.3 is 0 Å². The fraction of sp³-hybridized carbons (Fsp3) is 0.400. The summed E-state index contributed by atoms with van der Waals surface area (Å²) in [5.41, 5.74) is 0.827. The highest BCUT2D eigenvalue weighted by Crippen LogP contribution is 2.19. The maximum absolute atomic E-state index is 11.6. The number of nitrogens with one attached hydrogen (secondary N) is 1. The van der Waals surface area contributed by atoms with Gasteiger partial charge in [-0.25, -0.2) is 0 Å². The van der Waals surface area contributed by atoms with Crippen LogP contribution in [0.2, 0.25) is 0 Å². The summed E-state index contributed by atoms with van der Waals surface area (Å²) < 4.78 is 15.2. The molecule has 7 heteroatoms. The second-order valence-corrected chi connectivity index (χ2v) is 4.65. The molecule has 0 aliphatic rings. The molecule has 1 heterocycles. The lowest BCUT2D eigenvalue weighted by molar-refractivity contribution is -0.123. The fourth-order valence-corrected chi connectivity index (χ4v) is 1.76. The van der Waals surface area contributed by atoms with Crippen molar-refractivity contribution in [2.75, 3.05) is 26.9 Å². The van der Waals surface area contributed by atoms with E-state index in [4.69, 9.17) is 14.0 Å². The van der Waals surface area contributed by atoms with Crippen LogP contribution in [0, 0.1) is 6.92 Å². The minimum Gasteiger partial charge on any atom is -0.484 e. The summed E-state index contributed by atoms with van der Waals surface area (Å²) in [7, 11) is 1.63. The number of rotatable bonds is 8. The van der Waals surface area contributed by atoms with Gasteiger partial charge < -0.3 is 19.3 Å². The summed E-state index contributed by atoms with van der Waals surface area (Å²) in [6.45, 7) is 2.91. The minimum absolute atomic E-state index is 0.0202. The molecule has 1 N–H and O–H groups in total. The van der Waals surface area contributed by atoms with Gasteiger partial charge in [0.2, 0.25) is 11.7 Å². The standard InChI is InChI=1S/C15H19N3O4/c1-11-17-15(18-22-11)12-4-6-13(7-5-12)21-10-14(19)16-8-3-9-20-2/h4-7H,3,8-10H2,1-2H3,(H,16,19). The summed E-state index contributed by atoms with van der Waals surface area (Å²) in [6, 6.07) is 7.16. The molecule has 0 atom stereocenters. The van der Waals surface area contributed by atoms with E-state index in [0.29, 0.717) is 30.6 Å². The molecule has 0 spiro atoms. The first-order valence-corrected chi connectivity index (χ1v) is 6.98. The van der Waals surface area contributed by atoms with Gasteiger partial charge in [-0.1, -0.05) is 5.16 Å². The van der Waals surface area contributed by atoms with Crippen molar-refractivity contribution in [2.45, 2.75) is 13.3 Å². The highest BCUT2D eigenvalue weighted by Gasteiger charge is 2.06. The molecule has 2 rings (SSSR count). The summed E-state index contributed by atoms with van der Waals surface area (Å²) in [4.78, 5) is 15.7. The second-order valence-electron chi connectivity index (χ2n) is 4.65. The van der Waals surface area contributed by atoms with Gasteiger partial charge in [0.1, 0.15) is 5.75 Å². The third kappa shape index (κ3) is 4.85. The molecule has 0 bridgehead atoms. The molecular weight excluding hydrogens is 286 g/mol. The smallest absolute Gasteiger partial charge is 0.257 e. The van der Waals surface area contributed by atoms with Crippen LogP contribution >= 0.6 is 0 Å². The van der Waals surface area contributed by atoms with E-state index < -0.39 is 0 Å². The van der Waals surface area contributed by atoms with E-state index in [1.807, 2.05) is 12.1 Å². The Morgan fingerprint density at radius 1 is 1.32 bits per heavy atom. The van der Waals surface area contributed by atoms with E-state index in [2.05, 4.69) is 15.5 Å². The number of methoxy groups -OCH3 is 1. The Kier molecular flexibility index (Phi) is 5.91. The van der Waals surface area contributed by atoms with Crippen molar-refractivity contribution in [1.29, 1.82) is 0 Å². The molecule has 1 aromatic heterocycles. The van der Waals surface area contributed by atoms with Crippen LogP contribution in [-0.2, 0) is 9.53 Å². The maximum atomic E-state index is 11.6. The molecule has 0 aliphatic carbocycles. The third-order valence-electron chi connectivity index (χ3n) is 2.86. The van der Waals surface area contributed by atoms with Crippen molar-refractivity contribution < 1.29 is 18.8 Å². The van der Waals surface area contributed by atoms with Gasteiger partial charge in [-0.3, -0.25) is 4.79 Å². The molecule has 118 valence electrons. The van der Waals surface area contributed by atoms with Crippen molar-refractivity contribution >= 4 is 5.91 Å². The Bertz CT molecular complexity index is 595. The van der Waals surface area contributed by atoms with Gasteiger partial charge in [0.05, 0.1) is 0 Å². The van der Waals surface area contributed by atoms with Crippen LogP contribution in [0.15, 0.2) is 28.8 Å². The van der Waals surface area contributed by atoms with Crippen LogP contribution in [0.1, 0.15) is 12.3 Å². The van der Waals surface area contributed by atoms with Crippen LogP contribution in [0.3, 0.4) is 0 Å². The molecule has 0 radical (unpaired) electrons. The van der Waals surface area contributed by atoms with Crippen molar-refractivity contribution in [1.82, 2.24) is 15.5 Å². The highest BCUT2D eigenvalue weighted by atomic mass is 16.5. The first-order valence-electron chi connectivity index (χ1n) is 6.98. The number of ether oxygens (including phenoxy) is 2. The third-order valence-corrected chi connectivity index (χ3v) is 2.86. The molecule has 0 fully saturated rings. The highest BCUT2D eigenvalue weighted by molar-refractivity contribution is 5.77. The predicted octanol–water partition coefficient (Wildman–Crippen LogP) is 1.58. The fourth-order valence-electron chi connectivity index (χ4n) is 1.76. The average Bonchev–Trinajstić information content (AvgIpc) is 2.96. The zero-order chi connectivity index (χ0) is 15.8. The SMILES string of the molecule is COCCCNC(=O)COc1ccc(-c2noc(C)n2)cc1. The second kappa shape index (κ2) is 8.14. The van der Waals surface area contributed by atoms with E-state index in [0.717, 1.165) is 12.0 Å². The molecular formula is C15H19N3O4. The number of amides is 1. The lowest BCUT2D eigenvalue weighted by Gasteiger charge is -2.07. The molecule has 0 saturated heterocycles. The van der Waals surface area contributed by atoms with Gasteiger partial charge in [0, 0.05) is 32.7 Å². The number of aryl methyl sites for hydroxylation is 1. The van der Waals surface area contributed by atoms with E-state index in [1.54, 1.807) is 26.2 Å². The van der Waals surface area contributed by atoms with Crippen LogP contribution in [0.4, 0.5) is 0 Å². The minimum atomic E-state index is -0.158. The first kappa shape index (κ1) is 16.0. The molecule has 1 amide bonds. The Morgan fingerprint density at radius 3 is 2.73 bits per heavy atom. The number of aromatic nitrogens is 2. The lowest BCUT2D eigenvalue weighted by atomic mass is 10.2. The van der Waals surface area contributed by atoms with Crippen LogP contribution in [0.25, 0.3) is 11.4 Å². The van der Waals surface area contributed by atoms with Crippen molar-refractivity contribution in [3.05, 3.63) is 30.2 Å². The van der Waals surface area contributed by atoms with Crippen LogP contribution in [-0.4, -0.2) is 42.9 Å². The lowest BCUT2D eigenvalue weighted by Crippen LogP contribution is -2.30. The number of hydrogen-bond acceptors (Lipinski definition) is 6. The number of carbonyl (C=O) groups excluding carboxylic acids is 1. The van der Waals surface area contributed by atoms with Gasteiger partial charge in [0.15, 0.2) is 6.61 Å². The van der Waals surface area contributed by atoms with E-state index >= 15 is 0 Å². The molecule has 2 aromatic rings. The monoisotopic (exact) mass is 305 g/mol. The molecule has 7 nitrogen and oxygen atoms in total. The average molecular weight is 305 g/mol. The van der Waals surface area contributed by atoms with Crippen molar-refractivity contribution in [3.63, 3.8) is 0 Å². The number of nitrogens with zero attached hydrogens (tertiary/aromatic N) is 2. The normalized spacial score (nSPS) is 10.5. The van der Waals surface area contributed by atoms with E-state index in [-0.39, 0.29) is 12.5 Å². The molecule has 0 saturated carbocycles. The van der Waals surface area contributed by atoms with Gasteiger partial charge in [-0.05, 0) is 30.7 Å². The summed E-state index contributed by atoms with van der Waals surface area (Å²) in [5, 5.41) is 6.59. The number of carbonyl (C=O) groups is 1. The van der Waals surface area contributed by atoms with Crippen molar-refractivity contribution in [2.24, 2.45) is 0 Å². The topological polar surface area (TPSA) is 86.5 Å². The predicted molar refractivity (Wildman–Crippen MR) is 79.5 cm³/mol. The zero-order valence-electron chi connectivity index (χ0n) is 12.7. The first-order chi connectivity index (χ1) is 10.7. The van der Waals surface area contributed by atoms with Crippen LogP contribution < -0.4 is 10.1 Å². The Balaban J connectivity index is 1.78. The Hall–Kier alpha value is -2.41.